The SMILES string of the molecule is Cc1cc(CC(C)C)ccc1CC/C=[N+](\[O-])C1CCC1. The van der Waals surface area contributed by atoms with E-state index in [4.69, 9.17) is 0 Å². The summed E-state index contributed by atoms with van der Waals surface area (Å²) >= 11 is 0. The second-order valence-corrected chi connectivity index (χ2v) is 6.52. The maximum absolute atomic E-state index is 11.7. The zero-order valence-corrected chi connectivity index (χ0v) is 13.1. The summed E-state index contributed by atoms with van der Waals surface area (Å²) in [5.41, 5.74) is 4.15. The minimum absolute atomic E-state index is 0.268. The van der Waals surface area contributed by atoms with Crippen LogP contribution in [0.25, 0.3) is 0 Å². The van der Waals surface area contributed by atoms with Crippen LogP contribution in [0.15, 0.2) is 18.2 Å². The molecule has 1 saturated carbocycles. The Bertz CT molecular complexity index is 472. The maximum atomic E-state index is 11.7. The van der Waals surface area contributed by atoms with E-state index in [1.165, 1.54) is 27.9 Å². The molecule has 0 aliphatic heterocycles. The summed E-state index contributed by atoms with van der Waals surface area (Å²) < 4.78 is 1.19. The Labute approximate surface area is 123 Å². The van der Waals surface area contributed by atoms with Gasteiger partial charge in [-0.2, -0.15) is 0 Å². The fourth-order valence-electron chi connectivity index (χ4n) is 2.77. The lowest BCUT2D eigenvalue weighted by Crippen LogP contribution is -2.29. The molecule has 0 N–H and O–H groups in total. The molecule has 0 atom stereocenters. The minimum Gasteiger partial charge on any atom is -0.624 e. The maximum Gasteiger partial charge on any atom is 0.162 e. The third-order valence-corrected chi connectivity index (χ3v) is 4.21. The zero-order chi connectivity index (χ0) is 14.5. The molecule has 1 aromatic carbocycles. The van der Waals surface area contributed by atoms with E-state index in [-0.39, 0.29) is 6.04 Å². The van der Waals surface area contributed by atoms with Gasteiger partial charge in [0.1, 0.15) is 0 Å². The van der Waals surface area contributed by atoms with Crippen molar-refractivity contribution in [2.45, 2.75) is 65.3 Å². The lowest BCUT2D eigenvalue weighted by Gasteiger charge is -2.23. The van der Waals surface area contributed by atoms with E-state index in [0.717, 1.165) is 32.1 Å². The van der Waals surface area contributed by atoms with E-state index < -0.39 is 0 Å². The first-order valence-corrected chi connectivity index (χ1v) is 7.93. The Balaban J connectivity index is 1.89. The van der Waals surface area contributed by atoms with Crippen LogP contribution in [0.1, 0.15) is 56.2 Å². The molecule has 0 spiro atoms. The van der Waals surface area contributed by atoms with Crippen LogP contribution in [0.3, 0.4) is 0 Å². The van der Waals surface area contributed by atoms with Gasteiger partial charge in [-0.15, -0.1) is 0 Å². The second kappa shape index (κ2) is 6.92. The zero-order valence-electron chi connectivity index (χ0n) is 13.1. The predicted molar refractivity (Wildman–Crippen MR) is 85.4 cm³/mol. The molecule has 0 amide bonds. The number of aryl methyl sites for hydroxylation is 2. The smallest absolute Gasteiger partial charge is 0.162 e. The normalized spacial score (nSPS) is 16.5. The lowest BCUT2D eigenvalue weighted by molar-refractivity contribution is -0.512. The summed E-state index contributed by atoms with van der Waals surface area (Å²) in [5.74, 6) is 0.699. The highest BCUT2D eigenvalue weighted by Gasteiger charge is 2.23. The van der Waals surface area contributed by atoms with Crippen molar-refractivity contribution in [1.29, 1.82) is 0 Å². The molecule has 1 aromatic rings. The Morgan fingerprint density at radius 3 is 2.65 bits per heavy atom. The van der Waals surface area contributed by atoms with E-state index in [1.807, 2.05) is 6.21 Å². The van der Waals surface area contributed by atoms with Gasteiger partial charge in [-0.05, 0) is 48.8 Å². The van der Waals surface area contributed by atoms with Gasteiger partial charge < -0.3 is 5.21 Å². The van der Waals surface area contributed by atoms with Crippen LogP contribution in [0.2, 0.25) is 0 Å². The molecule has 20 heavy (non-hydrogen) atoms. The third kappa shape index (κ3) is 4.09. The molecule has 1 fully saturated rings. The molecule has 0 heterocycles. The summed E-state index contributed by atoms with van der Waals surface area (Å²) in [5, 5.41) is 11.7. The fourth-order valence-corrected chi connectivity index (χ4v) is 2.77. The summed E-state index contributed by atoms with van der Waals surface area (Å²) in [7, 11) is 0. The van der Waals surface area contributed by atoms with Crippen molar-refractivity contribution in [3.8, 4) is 0 Å². The molecular weight excluding hydrogens is 246 g/mol. The van der Waals surface area contributed by atoms with Gasteiger partial charge in [0.05, 0.1) is 0 Å². The van der Waals surface area contributed by atoms with E-state index >= 15 is 0 Å². The topological polar surface area (TPSA) is 26.1 Å². The van der Waals surface area contributed by atoms with Crippen molar-refractivity contribution in [2.75, 3.05) is 0 Å². The van der Waals surface area contributed by atoms with Gasteiger partial charge in [-0.25, -0.2) is 4.74 Å². The van der Waals surface area contributed by atoms with Crippen LogP contribution in [0, 0.1) is 18.0 Å². The van der Waals surface area contributed by atoms with Gasteiger partial charge in [0.15, 0.2) is 12.3 Å². The van der Waals surface area contributed by atoms with E-state index in [0.29, 0.717) is 5.92 Å². The van der Waals surface area contributed by atoms with Crippen LogP contribution < -0.4 is 0 Å². The van der Waals surface area contributed by atoms with Gasteiger partial charge in [0.2, 0.25) is 0 Å². The second-order valence-electron chi connectivity index (χ2n) is 6.52. The molecule has 1 aliphatic carbocycles. The monoisotopic (exact) mass is 273 g/mol. The average molecular weight is 273 g/mol. The number of hydrogen-bond donors (Lipinski definition) is 0. The number of hydroxylamine groups is 1. The van der Waals surface area contributed by atoms with Crippen LogP contribution in [-0.2, 0) is 12.8 Å². The van der Waals surface area contributed by atoms with Gasteiger partial charge in [-0.3, -0.25) is 0 Å². The van der Waals surface area contributed by atoms with Crippen molar-refractivity contribution < 1.29 is 4.74 Å². The fraction of sp³-hybridized carbons (Fsp3) is 0.611. The predicted octanol–water partition coefficient (Wildman–Crippen LogP) is 4.26. The molecule has 0 saturated heterocycles. The first-order chi connectivity index (χ1) is 9.56. The van der Waals surface area contributed by atoms with Crippen molar-refractivity contribution in [3.63, 3.8) is 0 Å². The number of nitrogens with zero attached hydrogens (tertiary/aromatic N) is 1. The first kappa shape index (κ1) is 15.1. The highest BCUT2D eigenvalue weighted by molar-refractivity contribution is 5.52. The Morgan fingerprint density at radius 1 is 1.35 bits per heavy atom. The standard InChI is InChI=1S/C18H27NO/c1-14(2)12-16-9-10-17(15(3)13-16)6-5-11-19(20)18-7-4-8-18/h9-11,13-14,18H,4-8,12H2,1-3H3/b19-11-. The molecule has 0 radical (unpaired) electrons. The molecule has 0 aromatic heterocycles. The first-order valence-electron chi connectivity index (χ1n) is 7.93. The van der Waals surface area contributed by atoms with E-state index in [9.17, 15) is 5.21 Å². The summed E-state index contributed by atoms with van der Waals surface area (Å²) in [4.78, 5) is 0. The minimum atomic E-state index is 0.268. The molecular formula is C18H27NO. The van der Waals surface area contributed by atoms with Crippen LogP contribution in [-0.4, -0.2) is 17.0 Å². The van der Waals surface area contributed by atoms with Crippen molar-refractivity contribution in [3.05, 3.63) is 40.1 Å². The Kier molecular flexibility index (Phi) is 5.22. The van der Waals surface area contributed by atoms with Crippen molar-refractivity contribution in [1.82, 2.24) is 0 Å². The molecule has 110 valence electrons. The Hall–Kier alpha value is -1.31. The van der Waals surface area contributed by atoms with Gasteiger partial charge in [0.25, 0.3) is 0 Å². The quantitative estimate of drug-likeness (QED) is 0.329. The largest absolute Gasteiger partial charge is 0.624 e. The molecule has 0 unspecified atom stereocenters. The summed E-state index contributed by atoms with van der Waals surface area (Å²) in [6.45, 7) is 6.68. The average Bonchev–Trinajstić information content (AvgIpc) is 2.28. The van der Waals surface area contributed by atoms with Crippen LogP contribution in [0.5, 0.6) is 0 Å². The summed E-state index contributed by atoms with van der Waals surface area (Å²) in [6.07, 6.45) is 8.16. The molecule has 2 rings (SSSR count). The van der Waals surface area contributed by atoms with Gasteiger partial charge in [-0.1, -0.05) is 32.0 Å². The van der Waals surface area contributed by atoms with Crippen molar-refractivity contribution in [2.24, 2.45) is 5.92 Å². The van der Waals surface area contributed by atoms with E-state index in [1.54, 1.807) is 0 Å². The summed E-state index contributed by atoms with van der Waals surface area (Å²) in [6, 6.07) is 7.04. The number of rotatable bonds is 6. The van der Waals surface area contributed by atoms with Gasteiger partial charge >= 0.3 is 0 Å². The highest BCUT2D eigenvalue weighted by atomic mass is 16.5. The van der Waals surface area contributed by atoms with Crippen LogP contribution in [0.4, 0.5) is 0 Å². The third-order valence-electron chi connectivity index (χ3n) is 4.21. The molecule has 2 nitrogen and oxygen atoms in total. The molecule has 1 aliphatic rings. The number of hydrogen-bond acceptors (Lipinski definition) is 1. The van der Waals surface area contributed by atoms with Gasteiger partial charge in [0, 0.05) is 19.3 Å². The van der Waals surface area contributed by atoms with Crippen LogP contribution >= 0.6 is 0 Å². The highest BCUT2D eigenvalue weighted by Crippen LogP contribution is 2.21. The molecule has 0 bridgehead atoms. The Morgan fingerprint density at radius 2 is 2.10 bits per heavy atom. The lowest BCUT2D eigenvalue weighted by atomic mass is 9.93. The number of benzene rings is 1. The van der Waals surface area contributed by atoms with Crippen molar-refractivity contribution >= 4 is 6.21 Å². The molecule has 2 heteroatoms. The van der Waals surface area contributed by atoms with E-state index in [2.05, 4.69) is 39.0 Å².